The topological polar surface area (TPSA) is 46.3 Å². The van der Waals surface area contributed by atoms with Gasteiger partial charge in [-0.15, -0.1) is 10.2 Å². The molecule has 2 aliphatic rings. The van der Waals surface area contributed by atoms with Crippen LogP contribution in [0.15, 0.2) is 36.4 Å². The first-order chi connectivity index (χ1) is 15.0. The standard InChI is InChI=1S/C24H19ClFN5/c1-24(11-12-24)10-9-15-4-2-6-19-17(15)5-3-13-30(19)21-18-14-16(26)7-8-20(18)31-22(25)28-29-23(31)27-21/h2,4,6-8,14H,3,5,11-13H2,1H3. The zero-order valence-corrected chi connectivity index (χ0v) is 17.7. The molecule has 7 heteroatoms. The summed E-state index contributed by atoms with van der Waals surface area (Å²) < 4.78 is 15.9. The molecule has 6 rings (SSSR count). The third-order valence-corrected chi connectivity index (χ3v) is 6.50. The van der Waals surface area contributed by atoms with Crippen molar-refractivity contribution in [3.63, 3.8) is 0 Å². The molecule has 0 amide bonds. The van der Waals surface area contributed by atoms with Gasteiger partial charge < -0.3 is 4.90 Å². The van der Waals surface area contributed by atoms with Crippen molar-refractivity contribution in [1.82, 2.24) is 19.6 Å². The lowest BCUT2D eigenvalue weighted by Crippen LogP contribution is -2.26. The Labute approximate surface area is 183 Å². The minimum Gasteiger partial charge on any atom is -0.325 e. The van der Waals surface area contributed by atoms with Crippen LogP contribution >= 0.6 is 11.6 Å². The number of benzene rings is 2. The number of nitrogens with zero attached hydrogens (tertiary/aromatic N) is 5. The fourth-order valence-corrected chi connectivity index (χ4v) is 4.48. The van der Waals surface area contributed by atoms with E-state index in [0.29, 0.717) is 17.0 Å². The van der Waals surface area contributed by atoms with E-state index in [0.717, 1.165) is 36.2 Å². The Morgan fingerprint density at radius 3 is 2.87 bits per heavy atom. The molecule has 4 aromatic rings. The van der Waals surface area contributed by atoms with E-state index in [1.165, 1.54) is 30.5 Å². The highest BCUT2D eigenvalue weighted by Gasteiger charge is 2.35. The van der Waals surface area contributed by atoms with E-state index in [1.807, 2.05) is 6.07 Å². The van der Waals surface area contributed by atoms with E-state index in [1.54, 1.807) is 10.5 Å². The largest absolute Gasteiger partial charge is 0.325 e. The van der Waals surface area contributed by atoms with Crippen LogP contribution in [0.3, 0.4) is 0 Å². The Morgan fingerprint density at radius 1 is 1.16 bits per heavy atom. The van der Waals surface area contributed by atoms with E-state index < -0.39 is 0 Å². The lowest BCUT2D eigenvalue weighted by atomic mass is 9.95. The van der Waals surface area contributed by atoms with E-state index in [2.05, 4.69) is 46.0 Å². The zero-order valence-electron chi connectivity index (χ0n) is 17.0. The minimum atomic E-state index is -0.325. The normalized spacial score (nSPS) is 16.8. The van der Waals surface area contributed by atoms with Crippen molar-refractivity contribution in [1.29, 1.82) is 0 Å². The second-order valence-corrected chi connectivity index (χ2v) is 8.91. The van der Waals surface area contributed by atoms with Gasteiger partial charge in [0.05, 0.1) is 5.52 Å². The van der Waals surface area contributed by atoms with Crippen LogP contribution in [0.5, 0.6) is 0 Å². The van der Waals surface area contributed by atoms with Crippen molar-refractivity contribution >= 4 is 39.8 Å². The van der Waals surface area contributed by atoms with E-state index >= 15 is 0 Å². The average molecular weight is 432 g/mol. The first-order valence-electron chi connectivity index (χ1n) is 10.4. The maximum absolute atomic E-state index is 14.3. The second kappa shape index (κ2) is 6.66. The summed E-state index contributed by atoms with van der Waals surface area (Å²) in [6, 6.07) is 10.8. The van der Waals surface area contributed by atoms with Gasteiger partial charge in [0, 0.05) is 28.6 Å². The highest BCUT2D eigenvalue weighted by molar-refractivity contribution is 6.29. The van der Waals surface area contributed by atoms with Gasteiger partial charge in [-0.25, -0.2) is 8.79 Å². The summed E-state index contributed by atoms with van der Waals surface area (Å²) >= 11 is 6.23. The van der Waals surface area contributed by atoms with Crippen molar-refractivity contribution in [3.05, 3.63) is 58.6 Å². The maximum Gasteiger partial charge on any atom is 0.258 e. The number of anilines is 2. The van der Waals surface area contributed by atoms with Gasteiger partial charge >= 0.3 is 0 Å². The summed E-state index contributed by atoms with van der Waals surface area (Å²) in [5, 5.41) is 8.94. The average Bonchev–Trinajstić information content (AvgIpc) is 3.40. The Hall–Kier alpha value is -3.17. The predicted octanol–water partition coefficient (Wildman–Crippen LogP) is 5.31. The highest BCUT2D eigenvalue weighted by atomic mass is 35.5. The fourth-order valence-electron chi connectivity index (χ4n) is 4.27. The number of hydrogen-bond acceptors (Lipinski definition) is 4. The monoisotopic (exact) mass is 431 g/mol. The van der Waals surface area contributed by atoms with Crippen LogP contribution in [0.25, 0.3) is 16.7 Å². The molecule has 1 aliphatic heterocycles. The van der Waals surface area contributed by atoms with Crippen molar-refractivity contribution in [2.45, 2.75) is 32.6 Å². The number of halogens is 2. The lowest BCUT2D eigenvalue weighted by Gasteiger charge is -2.32. The molecular weight excluding hydrogens is 413 g/mol. The Bertz CT molecular complexity index is 1430. The number of fused-ring (bicyclic) bond motifs is 4. The van der Waals surface area contributed by atoms with Crippen LogP contribution < -0.4 is 4.90 Å². The Morgan fingerprint density at radius 2 is 2.03 bits per heavy atom. The summed E-state index contributed by atoms with van der Waals surface area (Å²) in [5.74, 6) is 7.60. The van der Waals surface area contributed by atoms with Gasteiger partial charge in [-0.1, -0.05) is 17.9 Å². The third-order valence-electron chi connectivity index (χ3n) is 6.26. The molecule has 31 heavy (non-hydrogen) atoms. The van der Waals surface area contributed by atoms with Crippen LogP contribution in [0.1, 0.15) is 37.3 Å². The van der Waals surface area contributed by atoms with E-state index in [9.17, 15) is 4.39 Å². The first kappa shape index (κ1) is 18.6. The molecule has 0 N–H and O–H groups in total. The molecule has 0 saturated heterocycles. The van der Waals surface area contributed by atoms with Gasteiger partial charge in [0.1, 0.15) is 11.6 Å². The summed E-state index contributed by atoms with van der Waals surface area (Å²) in [6.07, 6.45) is 4.26. The molecule has 154 valence electrons. The zero-order chi connectivity index (χ0) is 21.2. The van der Waals surface area contributed by atoms with Crippen LogP contribution in [-0.4, -0.2) is 26.1 Å². The van der Waals surface area contributed by atoms with Crippen molar-refractivity contribution in [2.75, 3.05) is 11.4 Å². The maximum atomic E-state index is 14.3. The lowest BCUT2D eigenvalue weighted by molar-refractivity contribution is 0.629. The number of aromatic nitrogens is 4. The van der Waals surface area contributed by atoms with Crippen molar-refractivity contribution < 1.29 is 4.39 Å². The quantitative estimate of drug-likeness (QED) is 0.383. The van der Waals surface area contributed by atoms with Crippen molar-refractivity contribution in [2.24, 2.45) is 5.41 Å². The third kappa shape index (κ3) is 3.03. The summed E-state index contributed by atoms with van der Waals surface area (Å²) in [5.41, 5.74) is 4.24. The van der Waals surface area contributed by atoms with Gasteiger partial charge in [-0.3, -0.25) is 0 Å². The highest BCUT2D eigenvalue weighted by Crippen LogP contribution is 2.44. The molecule has 0 bridgehead atoms. The van der Waals surface area contributed by atoms with Gasteiger partial charge in [-0.2, -0.15) is 4.98 Å². The van der Waals surface area contributed by atoms with Gasteiger partial charge in [0.2, 0.25) is 5.28 Å². The first-order valence-corrected chi connectivity index (χ1v) is 10.8. The minimum absolute atomic E-state index is 0.171. The summed E-state index contributed by atoms with van der Waals surface area (Å²) in [6.45, 7) is 2.99. The summed E-state index contributed by atoms with van der Waals surface area (Å²) in [4.78, 5) is 6.89. The van der Waals surface area contributed by atoms with Crippen molar-refractivity contribution in [3.8, 4) is 11.8 Å². The predicted molar refractivity (Wildman–Crippen MR) is 119 cm³/mol. The van der Waals surface area contributed by atoms with Gasteiger partial charge in [-0.05, 0) is 80.1 Å². The fraction of sp³-hybridized carbons (Fsp3) is 0.292. The molecule has 1 saturated carbocycles. The van der Waals surface area contributed by atoms with Crippen LogP contribution in [0.4, 0.5) is 15.9 Å². The molecule has 5 nitrogen and oxygen atoms in total. The van der Waals surface area contributed by atoms with Crippen LogP contribution in [-0.2, 0) is 6.42 Å². The Kier molecular flexibility index (Phi) is 4.00. The van der Waals surface area contributed by atoms with E-state index in [-0.39, 0.29) is 16.5 Å². The summed E-state index contributed by atoms with van der Waals surface area (Å²) in [7, 11) is 0. The number of hydrogen-bond donors (Lipinski definition) is 0. The molecule has 3 heterocycles. The van der Waals surface area contributed by atoms with Gasteiger partial charge in [0.25, 0.3) is 5.78 Å². The second-order valence-electron chi connectivity index (χ2n) is 8.57. The molecule has 2 aromatic carbocycles. The molecular formula is C24H19ClFN5. The molecule has 0 radical (unpaired) electrons. The number of rotatable bonds is 1. The molecule has 0 unspecified atom stereocenters. The molecule has 0 atom stereocenters. The van der Waals surface area contributed by atoms with Crippen LogP contribution in [0, 0.1) is 23.1 Å². The molecule has 2 aromatic heterocycles. The SMILES string of the molecule is CC1(C#Cc2cccc3c2CCCN3c2nc3nnc(Cl)n3c3ccc(F)cc23)CC1. The van der Waals surface area contributed by atoms with Crippen LogP contribution in [0.2, 0.25) is 5.28 Å². The Balaban J connectivity index is 1.56. The van der Waals surface area contributed by atoms with E-state index in [4.69, 9.17) is 16.6 Å². The molecule has 1 aliphatic carbocycles. The molecule has 0 spiro atoms. The smallest absolute Gasteiger partial charge is 0.258 e. The van der Waals surface area contributed by atoms with Gasteiger partial charge in [0.15, 0.2) is 0 Å². The molecule has 1 fully saturated rings.